The number of methoxy groups -OCH3 is 1. The first-order valence-corrected chi connectivity index (χ1v) is 10.5. The minimum absolute atomic E-state index is 0.0150. The Balaban J connectivity index is 2.82. The van der Waals surface area contributed by atoms with Gasteiger partial charge in [0, 0.05) is 19.1 Å². The van der Waals surface area contributed by atoms with Crippen LogP contribution in [0.25, 0.3) is 0 Å². The van der Waals surface area contributed by atoms with Gasteiger partial charge < -0.3 is 4.74 Å². The molecule has 0 radical (unpaired) electrons. The van der Waals surface area contributed by atoms with Crippen molar-refractivity contribution in [2.75, 3.05) is 26.5 Å². The molecule has 0 aliphatic rings. The van der Waals surface area contributed by atoms with Crippen molar-refractivity contribution < 1.29 is 21.6 Å². The van der Waals surface area contributed by atoms with Crippen LogP contribution in [0.15, 0.2) is 23.1 Å². The predicted octanol–water partition coefficient (Wildman–Crippen LogP) is 1.30. The summed E-state index contributed by atoms with van der Waals surface area (Å²) in [4.78, 5) is -0.0150. The second kappa shape index (κ2) is 7.80. The number of nitrogens with zero attached hydrogens (tertiary/aromatic N) is 1. The Labute approximate surface area is 142 Å². The van der Waals surface area contributed by atoms with E-state index in [9.17, 15) is 16.8 Å². The largest absolute Gasteiger partial charge is 0.495 e. The molecule has 0 aliphatic carbocycles. The molecule has 1 aromatic rings. The van der Waals surface area contributed by atoms with Gasteiger partial charge in [-0.3, -0.25) is 0 Å². The molecule has 132 valence electrons. The molecule has 0 fully saturated rings. The van der Waals surface area contributed by atoms with Crippen LogP contribution in [0.5, 0.6) is 5.75 Å². The Morgan fingerprint density at radius 1 is 1.26 bits per heavy atom. The summed E-state index contributed by atoms with van der Waals surface area (Å²) in [6, 6.07) is 3.84. The van der Waals surface area contributed by atoms with Gasteiger partial charge in [-0.05, 0) is 32.0 Å². The van der Waals surface area contributed by atoms with E-state index >= 15 is 0 Å². The van der Waals surface area contributed by atoms with Crippen molar-refractivity contribution in [1.29, 1.82) is 0 Å². The van der Waals surface area contributed by atoms with E-state index in [4.69, 9.17) is 16.3 Å². The van der Waals surface area contributed by atoms with E-state index in [-0.39, 0.29) is 29.0 Å². The highest BCUT2D eigenvalue weighted by atomic mass is 35.5. The molecule has 1 aromatic carbocycles. The molecule has 0 saturated heterocycles. The molecule has 0 bridgehead atoms. The van der Waals surface area contributed by atoms with Crippen molar-refractivity contribution in [2.45, 2.75) is 24.8 Å². The smallest absolute Gasteiger partial charge is 0.240 e. The molecule has 1 N–H and O–H groups in total. The molecular weight excluding hydrogens is 364 g/mol. The summed E-state index contributed by atoms with van der Waals surface area (Å²) in [5.41, 5.74) is 0. The van der Waals surface area contributed by atoms with Gasteiger partial charge in [0.1, 0.15) is 5.75 Å². The highest BCUT2D eigenvalue weighted by Crippen LogP contribution is 2.26. The fourth-order valence-corrected chi connectivity index (χ4v) is 4.55. The van der Waals surface area contributed by atoms with Crippen LogP contribution in [-0.2, 0) is 20.0 Å². The average molecular weight is 385 g/mol. The summed E-state index contributed by atoms with van der Waals surface area (Å²) in [7, 11) is -5.76. The van der Waals surface area contributed by atoms with Crippen LogP contribution >= 0.6 is 11.6 Å². The van der Waals surface area contributed by atoms with Crippen LogP contribution < -0.4 is 9.46 Å². The van der Waals surface area contributed by atoms with Crippen molar-refractivity contribution in [3.8, 4) is 5.75 Å². The summed E-state index contributed by atoms with van der Waals surface area (Å²) in [6.07, 6.45) is 1.09. The lowest BCUT2D eigenvalue weighted by atomic mass is 10.3. The van der Waals surface area contributed by atoms with Gasteiger partial charge in [-0.25, -0.2) is 21.6 Å². The van der Waals surface area contributed by atoms with Gasteiger partial charge in [-0.2, -0.15) is 4.31 Å². The summed E-state index contributed by atoms with van der Waals surface area (Å²) < 4.78 is 56.2. The molecule has 1 rings (SSSR count). The highest BCUT2D eigenvalue weighted by molar-refractivity contribution is 7.89. The fourth-order valence-electron chi connectivity index (χ4n) is 1.99. The molecule has 0 amide bonds. The normalized spacial score (nSPS) is 12.8. The quantitative estimate of drug-likeness (QED) is 0.729. The zero-order valence-electron chi connectivity index (χ0n) is 13.4. The van der Waals surface area contributed by atoms with Gasteiger partial charge in [0.15, 0.2) is 0 Å². The summed E-state index contributed by atoms with van der Waals surface area (Å²) in [5.74, 6) is 0.369. The van der Waals surface area contributed by atoms with Crippen molar-refractivity contribution in [1.82, 2.24) is 9.03 Å². The number of hydrogen-bond acceptors (Lipinski definition) is 5. The maximum Gasteiger partial charge on any atom is 0.240 e. The fraction of sp³-hybridized carbons (Fsp3) is 0.538. The number of rotatable bonds is 8. The maximum absolute atomic E-state index is 12.2. The lowest BCUT2D eigenvalue weighted by Crippen LogP contribution is -2.41. The first kappa shape index (κ1) is 20.2. The van der Waals surface area contributed by atoms with E-state index < -0.39 is 20.0 Å². The zero-order chi connectivity index (χ0) is 17.8. The Hall–Kier alpha value is -0.870. The average Bonchev–Trinajstić information content (AvgIpc) is 2.41. The molecule has 23 heavy (non-hydrogen) atoms. The molecular formula is C13H21ClN2O5S2. The number of hydrogen-bond donors (Lipinski definition) is 1. The van der Waals surface area contributed by atoms with Crippen LogP contribution in [0.4, 0.5) is 0 Å². The Bertz CT molecular complexity index is 748. The third-order valence-electron chi connectivity index (χ3n) is 3.06. The lowest BCUT2D eigenvalue weighted by molar-refractivity contribution is 0.360. The van der Waals surface area contributed by atoms with Crippen molar-refractivity contribution in [2.24, 2.45) is 0 Å². The van der Waals surface area contributed by atoms with Gasteiger partial charge in [0.2, 0.25) is 20.0 Å². The molecule has 0 heterocycles. The van der Waals surface area contributed by atoms with E-state index in [2.05, 4.69) is 4.72 Å². The molecule has 0 aliphatic heterocycles. The molecule has 0 aromatic heterocycles. The van der Waals surface area contributed by atoms with E-state index in [0.717, 1.165) is 6.26 Å². The van der Waals surface area contributed by atoms with E-state index in [1.54, 1.807) is 13.8 Å². The summed E-state index contributed by atoms with van der Waals surface area (Å²) >= 11 is 5.92. The summed E-state index contributed by atoms with van der Waals surface area (Å²) in [6.45, 7) is 3.44. The Morgan fingerprint density at radius 3 is 2.30 bits per heavy atom. The second-order valence-electron chi connectivity index (χ2n) is 5.16. The highest BCUT2D eigenvalue weighted by Gasteiger charge is 2.21. The van der Waals surface area contributed by atoms with Crippen LogP contribution in [0.3, 0.4) is 0 Å². The maximum atomic E-state index is 12.2. The van der Waals surface area contributed by atoms with Crippen LogP contribution in [0, 0.1) is 0 Å². The van der Waals surface area contributed by atoms with Gasteiger partial charge in [-0.15, -0.1) is 0 Å². The number of sulfonamides is 2. The monoisotopic (exact) mass is 384 g/mol. The first-order chi connectivity index (χ1) is 10.5. The topological polar surface area (TPSA) is 92.8 Å². The first-order valence-electron chi connectivity index (χ1n) is 6.79. The van der Waals surface area contributed by atoms with Gasteiger partial charge in [0.25, 0.3) is 0 Å². The molecule has 0 saturated carbocycles. The number of benzene rings is 1. The zero-order valence-corrected chi connectivity index (χ0v) is 15.8. The summed E-state index contributed by atoms with van der Waals surface area (Å²) in [5, 5.41) is 0.176. The standard InChI is InChI=1S/C13H21ClN2O5S2/c1-10(2)16(22(4,17)18)8-7-15-23(19,20)11-5-6-13(21-3)12(14)9-11/h5-6,9-10,15H,7-8H2,1-4H3. The lowest BCUT2D eigenvalue weighted by Gasteiger charge is -2.23. The van der Waals surface area contributed by atoms with Crippen molar-refractivity contribution in [3.63, 3.8) is 0 Å². The van der Waals surface area contributed by atoms with E-state index in [1.807, 2.05) is 0 Å². The molecule has 0 atom stereocenters. The predicted molar refractivity (Wildman–Crippen MR) is 89.9 cm³/mol. The minimum Gasteiger partial charge on any atom is -0.495 e. The second-order valence-corrected chi connectivity index (χ2v) is 9.27. The number of halogens is 1. The molecule has 0 spiro atoms. The number of ether oxygens (including phenoxy) is 1. The van der Waals surface area contributed by atoms with Crippen molar-refractivity contribution in [3.05, 3.63) is 23.2 Å². The van der Waals surface area contributed by atoms with E-state index in [0.29, 0.717) is 5.75 Å². The van der Waals surface area contributed by atoms with Gasteiger partial charge in [0.05, 0.1) is 23.3 Å². The molecule has 10 heteroatoms. The Morgan fingerprint density at radius 2 is 1.87 bits per heavy atom. The third-order valence-corrected chi connectivity index (χ3v) is 6.27. The third kappa shape index (κ3) is 5.61. The van der Waals surface area contributed by atoms with Gasteiger partial charge in [-0.1, -0.05) is 11.6 Å². The molecule has 7 nitrogen and oxygen atoms in total. The van der Waals surface area contributed by atoms with Crippen LogP contribution in [-0.4, -0.2) is 53.6 Å². The van der Waals surface area contributed by atoms with E-state index in [1.165, 1.54) is 29.6 Å². The minimum atomic E-state index is -3.79. The SMILES string of the molecule is COc1ccc(S(=O)(=O)NCCN(C(C)C)S(C)(=O)=O)cc1Cl. The molecule has 0 unspecified atom stereocenters. The Kier molecular flexibility index (Phi) is 6.84. The van der Waals surface area contributed by atoms with Crippen molar-refractivity contribution >= 4 is 31.6 Å². The van der Waals surface area contributed by atoms with Crippen LogP contribution in [0.1, 0.15) is 13.8 Å². The van der Waals surface area contributed by atoms with Gasteiger partial charge >= 0.3 is 0 Å². The number of nitrogens with one attached hydrogen (secondary N) is 1. The van der Waals surface area contributed by atoms with Crippen LogP contribution in [0.2, 0.25) is 5.02 Å².